The molecule has 7 nitrogen and oxygen atoms in total. The van der Waals surface area contributed by atoms with E-state index in [1.807, 2.05) is 26.0 Å². The highest BCUT2D eigenvalue weighted by atomic mass is 32.2. The molecule has 1 aliphatic carbocycles. The molecule has 1 aromatic heterocycles. The third kappa shape index (κ3) is 7.00. The quantitative estimate of drug-likeness (QED) is 0.239. The number of rotatable bonds is 12. The smallest absolute Gasteiger partial charge is 0.261 e. The van der Waals surface area contributed by atoms with Crippen LogP contribution in [0.2, 0.25) is 5.04 Å². The van der Waals surface area contributed by atoms with Crippen LogP contribution in [0.5, 0.6) is 0 Å². The second-order valence-electron chi connectivity index (χ2n) is 14.4. The molecule has 0 aliphatic heterocycles. The summed E-state index contributed by atoms with van der Waals surface area (Å²) in [4.78, 5) is 25.0. The predicted molar refractivity (Wildman–Crippen MR) is 177 cm³/mol. The summed E-state index contributed by atoms with van der Waals surface area (Å²) < 4.78 is 37.8. The molecule has 0 bridgehead atoms. The largest absolute Gasteiger partial charge is 0.406 e. The van der Waals surface area contributed by atoms with Crippen molar-refractivity contribution in [3.8, 4) is 0 Å². The summed E-state index contributed by atoms with van der Waals surface area (Å²) in [5.74, 6) is -0.121. The zero-order valence-corrected chi connectivity index (χ0v) is 29.0. The summed E-state index contributed by atoms with van der Waals surface area (Å²) in [7, 11) is -6.53. The lowest BCUT2D eigenvalue weighted by atomic mass is 9.90. The van der Waals surface area contributed by atoms with E-state index in [4.69, 9.17) is 8.95 Å². The van der Waals surface area contributed by atoms with Gasteiger partial charge in [-0.15, -0.1) is 0 Å². The molecule has 1 fully saturated rings. The van der Waals surface area contributed by atoms with Gasteiger partial charge in [-0.3, -0.25) is 9.59 Å². The highest BCUT2D eigenvalue weighted by Crippen LogP contribution is 2.38. The normalized spacial score (nSPS) is 15.8. The molecule has 0 atom stereocenters. The Labute approximate surface area is 263 Å². The van der Waals surface area contributed by atoms with Gasteiger partial charge in [0.15, 0.2) is 15.6 Å². The van der Waals surface area contributed by atoms with Gasteiger partial charge < -0.3 is 8.95 Å². The number of ketones is 2. The lowest BCUT2D eigenvalue weighted by molar-refractivity contribution is -0.121. The first-order valence-corrected chi connectivity index (χ1v) is 19.0. The standard InChI is InChI=1S/C35H47NO6SSi/c1-33(2,3)44(29-14-10-8-11-15-29,30-16-12-9-13-17-30)41-25-34(4,5)31-22-28(42-36-31)23-32(38)35(6,7)43(39,40)24-26-18-20-27(37)21-19-26/h8-17,22,26H,18-21,23-25H2,1-7H3. The number of nitrogens with zero attached hydrogens (tertiary/aromatic N) is 1. The van der Waals surface area contributed by atoms with Gasteiger partial charge in [-0.1, -0.05) is 100 Å². The van der Waals surface area contributed by atoms with Gasteiger partial charge in [0, 0.05) is 30.9 Å². The van der Waals surface area contributed by atoms with Crippen molar-refractivity contribution in [2.24, 2.45) is 5.92 Å². The molecule has 1 saturated carbocycles. The molecule has 238 valence electrons. The van der Waals surface area contributed by atoms with E-state index in [-0.39, 0.29) is 28.9 Å². The number of carbonyl (C=O) groups is 2. The molecule has 1 heterocycles. The first-order chi connectivity index (χ1) is 20.5. The van der Waals surface area contributed by atoms with E-state index in [1.165, 1.54) is 24.2 Å². The Morgan fingerprint density at radius 2 is 1.43 bits per heavy atom. The second-order valence-corrected chi connectivity index (χ2v) is 21.3. The summed E-state index contributed by atoms with van der Waals surface area (Å²) in [6, 6.07) is 22.6. The third-order valence-corrected chi connectivity index (χ3v) is 16.9. The van der Waals surface area contributed by atoms with Gasteiger partial charge in [0.2, 0.25) is 0 Å². The van der Waals surface area contributed by atoms with Crippen molar-refractivity contribution in [1.29, 1.82) is 0 Å². The molecule has 0 amide bonds. The van der Waals surface area contributed by atoms with Gasteiger partial charge in [0.05, 0.1) is 17.9 Å². The maximum absolute atomic E-state index is 13.4. The molecule has 1 aliphatic rings. The number of Topliss-reactive ketones (excluding diaryl/α,β-unsaturated/α-hetero) is 2. The van der Waals surface area contributed by atoms with Crippen LogP contribution < -0.4 is 10.4 Å². The Morgan fingerprint density at radius 1 is 0.909 bits per heavy atom. The van der Waals surface area contributed by atoms with E-state index in [1.54, 1.807) is 6.07 Å². The Morgan fingerprint density at radius 3 is 1.93 bits per heavy atom. The van der Waals surface area contributed by atoms with Crippen LogP contribution in [-0.2, 0) is 35.7 Å². The van der Waals surface area contributed by atoms with Crippen LogP contribution in [0.4, 0.5) is 0 Å². The molecule has 0 saturated heterocycles. The average molecular weight is 638 g/mol. The van der Waals surface area contributed by atoms with Crippen molar-refractivity contribution in [2.45, 2.75) is 95.8 Å². The third-order valence-electron chi connectivity index (χ3n) is 9.22. The van der Waals surface area contributed by atoms with E-state index in [0.29, 0.717) is 43.7 Å². The molecule has 0 spiro atoms. The van der Waals surface area contributed by atoms with E-state index in [9.17, 15) is 18.0 Å². The van der Waals surface area contributed by atoms with Gasteiger partial charge in [-0.25, -0.2) is 8.42 Å². The molecule has 0 unspecified atom stereocenters. The highest BCUT2D eigenvalue weighted by Gasteiger charge is 2.51. The van der Waals surface area contributed by atoms with E-state index >= 15 is 0 Å². The molecule has 44 heavy (non-hydrogen) atoms. The Hall–Kier alpha value is -2.88. The first kappa shape index (κ1) is 34.0. The number of aromatic nitrogens is 1. The Kier molecular flexibility index (Phi) is 9.93. The zero-order valence-electron chi connectivity index (χ0n) is 27.2. The molecule has 4 rings (SSSR count). The minimum atomic E-state index is -3.75. The van der Waals surface area contributed by atoms with Crippen molar-refractivity contribution in [3.05, 3.63) is 78.2 Å². The van der Waals surface area contributed by atoms with Crippen LogP contribution in [0.3, 0.4) is 0 Å². The van der Waals surface area contributed by atoms with Crippen LogP contribution >= 0.6 is 0 Å². The number of hydrogen-bond acceptors (Lipinski definition) is 7. The fourth-order valence-electron chi connectivity index (χ4n) is 6.07. The maximum Gasteiger partial charge on any atom is 0.261 e. The maximum atomic E-state index is 13.4. The minimum Gasteiger partial charge on any atom is -0.406 e. The van der Waals surface area contributed by atoms with Crippen molar-refractivity contribution >= 4 is 40.1 Å². The van der Waals surface area contributed by atoms with E-state index < -0.39 is 34.1 Å². The number of sulfone groups is 1. The van der Waals surface area contributed by atoms with Crippen molar-refractivity contribution in [2.75, 3.05) is 12.4 Å². The minimum absolute atomic E-state index is 0.0900. The fourth-order valence-corrected chi connectivity index (χ4v) is 12.6. The van der Waals surface area contributed by atoms with Gasteiger partial charge >= 0.3 is 0 Å². The fraction of sp³-hybridized carbons (Fsp3) is 0.514. The molecular formula is C35H47NO6SSi. The van der Waals surface area contributed by atoms with Gasteiger partial charge in [-0.2, -0.15) is 0 Å². The Balaban J connectivity index is 1.53. The van der Waals surface area contributed by atoms with Crippen LogP contribution in [0.15, 0.2) is 71.3 Å². The second kappa shape index (κ2) is 12.8. The molecule has 0 N–H and O–H groups in total. The molecule has 2 aromatic carbocycles. The summed E-state index contributed by atoms with van der Waals surface area (Å²) in [5.41, 5.74) is 0.0866. The monoisotopic (exact) mass is 637 g/mol. The Bertz CT molecular complexity index is 1510. The van der Waals surface area contributed by atoms with Gasteiger partial charge in [-0.05, 0) is 48.0 Å². The predicted octanol–water partition coefficient (Wildman–Crippen LogP) is 5.59. The summed E-state index contributed by atoms with van der Waals surface area (Å²) in [6.45, 7) is 14.1. The number of benzene rings is 2. The van der Waals surface area contributed by atoms with Crippen LogP contribution in [0.1, 0.15) is 85.6 Å². The van der Waals surface area contributed by atoms with Crippen molar-refractivity contribution in [1.82, 2.24) is 5.16 Å². The molecule has 0 radical (unpaired) electrons. The zero-order chi connectivity index (χ0) is 32.4. The summed E-state index contributed by atoms with van der Waals surface area (Å²) >= 11 is 0. The number of carbonyl (C=O) groups excluding carboxylic acids is 2. The van der Waals surface area contributed by atoms with E-state index in [2.05, 4.69) is 74.5 Å². The summed E-state index contributed by atoms with van der Waals surface area (Å²) in [5, 5.41) is 6.51. The first-order valence-electron chi connectivity index (χ1n) is 15.5. The lowest BCUT2D eigenvalue weighted by Crippen LogP contribution is -2.67. The van der Waals surface area contributed by atoms with Crippen LogP contribution in [0, 0.1) is 5.92 Å². The topological polar surface area (TPSA) is 104 Å². The van der Waals surface area contributed by atoms with Gasteiger partial charge in [0.25, 0.3) is 8.32 Å². The number of hydrogen-bond donors (Lipinski definition) is 0. The highest BCUT2D eigenvalue weighted by molar-refractivity contribution is 7.93. The SMILES string of the molecule is CC(C)(CO[Si](c1ccccc1)(c1ccccc1)C(C)(C)C)c1cc(CC(=O)C(C)(C)S(=O)(=O)CC2CCC(=O)CC2)on1. The average Bonchev–Trinajstić information content (AvgIpc) is 3.44. The van der Waals surface area contributed by atoms with Gasteiger partial charge in [0.1, 0.15) is 16.3 Å². The van der Waals surface area contributed by atoms with Crippen LogP contribution in [0.25, 0.3) is 0 Å². The lowest BCUT2D eigenvalue weighted by Gasteiger charge is -2.44. The van der Waals surface area contributed by atoms with Crippen LogP contribution in [-0.4, -0.2) is 50.6 Å². The van der Waals surface area contributed by atoms with Crippen molar-refractivity contribution < 1.29 is 27.0 Å². The summed E-state index contributed by atoms with van der Waals surface area (Å²) in [6.07, 6.45) is 1.75. The molecule has 9 heteroatoms. The molecule has 3 aromatic rings. The molecular weight excluding hydrogens is 591 g/mol. The van der Waals surface area contributed by atoms with E-state index in [0.717, 1.165) is 0 Å². The van der Waals surface area contributed by atoms with Crippen molar-refractivity contribution in [3.63, 3.8) is 0 Å².